The Morgan fingerprint density at radius 1 is 1.05 bits per heavy atom. The minimum Gasteiger partial charge on any atom is -0.241 e. The summed E-state index contributed by atoms with van der Waals surface area (Å²) in [4.78, 5) is 4.48. The van der Waals surface area contributed by atoms with Crippen LogP contribution in [0.1, 0.15) is 5.69 Å². The van der Waals surface area contributed by atoms with E-state index in [1.54, 1.807) is 12.2 Å². The van der Waals surface area contributed by atoms with Gasteiger partial charge in [-0.25, -0.2) is 4.98 Å². The van der Waals surface area contributed by atoms with Gasteiger partial charge in [-0.15, -0.1) is 0 Å². The molecule has 0 aliphatic carbocycles. The van der Waals surface area contributed by atoms with E-state index < -0.39 is 0 Å². The van der Waals surface area contributed by atoms with Crippen molar-refractivity contribution in [3.63, 3.8) is 0 Å². The average Bonchev–Trinajstić information content (AvgIpc) is 2.45. The normalized spacial score (nSPS) is 11.1. The van der Waals surface area contributed by atoms with E-state index in [2.05, 4.69) is 52.3 Å². The number of allylic oxidation sites excluding steroid dienone is 4. The zero-order valence-electron chi connectivity index (χ0n) is 10.5. The topological polar surface area (TPSA) is 12.9 Å². The Morgan fingerprint density at radius 3 is 2.42 bits per heavy atom. The largest absolute Gasteiger partial charge is 0.241 e. The third-order valence-corrected chi connectivity index (χ3v) is 3.12. The van der Waals surface area contributed by atoms with Crippen molar-refractivity contribution in [2.45, 2.75) is 0 Å². The van der Waals surface area contributed by atoms with E-state index in [4.69, 9.17) is 0 Å². The van der Waals surface area contributed by atoms with Crippen LogP contribution >= 0.6 is 15.9 Å². The molecule has 2 heteroatoms. The van der Waals surface area contributed by atoms with Crippen molar-refractivity contribution in [2.24, 2.45) is 0 Å². The third kappa shape index (κ3) is 3.30. The molecule has 94 valence electrons. The van der Waals surface area contributed by atoms with E-state index in [1.807, 2.05) is 30.3 Å². The van der Waals surface area contributed by atoms with E-state index in [1.165, 1.54) is 0 Å². The van der Waals surface area contributed by atoms with E-state index >= 15 is 0 Å². The van der Waals surface area contributed by atoms with Gasteiger partial charge in [0.25, 0.3) is 0 Å². The van der Waals surface area contributed by atoms with Gasteiger partial charge in [-0.1, -0.05) is 61.7 Å². The average molecular weight is 312 g/mol. The van der Waals surface area contributed by atoms with Crippen molar-refractivity contribution in [1.29, 1.82) is 0 Å². The molecule has 1 aromatic carbocycles. The highest BCUT2D eigenvalue weighted by atomic mass is 79.9. The lowest BCUT2D eigenvalue weighted by Gasteiger charge is -2.07. The maximum absolute atomic E-state index is 4.48. The van der Waals surface area contributed by atoms with Gasteiger partial charge in [0.1, 0.15) is 4.60 Å². The molecule has 0 N–H and O–H groups in total. The maximum atomic E-state index is 4.48. The number of benzene rings is 1. The summed E-state index contributed by atoms with van der Waals surface area (Å²) < 4.78 is 0.806. The second-order valence-electron chi connectivity index (χ2n) is 3.99. The van der Waals surface area contributed by atoms with Crippen LogP contribution in [0.5, 0.6) is 0 Å². The van der Waals surface area contributed by atoms with Crippen molar-refractivity contribution in [2.75, 3.05) is 0 Å². The standard InChI is InChI=1S/C17H14BrN/c1-3-8-13(4-2)16-11-15(12-17(18)19-16)14-9-6-5-7-10-14/h3-12H,1-2H2/b13-8+. The highest BCUT2D eigenvalue weighted by Gasteiger charge is 2.05. The lowest BCUT2D eigenvalue weighted by molar-refractivity contribution is 1.24. The maximum Gasteiger partial charge on any atom is 0.107 e. The highest BCUT2D eigenvalue weighted by Crippen LogP contribution is 2.26. The summed E-state index contributed by atoms with van der Waals surface area (Å²) in [5.74, 6) is 0. The van der Waals surface area contributed by atoms with Crippen LogP contribution in [0.2, 0.25) is 0 Å². The fourth-order valence-corrected chi connectivity index (χ4v) is 2.26. The molecule has 1 aromatic heterocycles. The lowest BCUT2D eigenvalue weighted by atomic mass is 10.0. The van der Waals surface area contributed by atoms with Crippen molar-refractivity contribution in [3.05, 3.63) is 84.1 Å². The molecule has 0 amide bonds. The Hall–Kier alpha value is -1.93. The number of aromatic nitrogens is 1. The van der Waals surface area contributed by atoms with Crippen LogP contribution in [0.25, 0.3) is 16.7 Å². The summed E-state index contributed by atoms with van der Waals surface area (Å²) in [7, 11) is 0. The Labute approximate surface area is 122 Å². The molecule has 19 heavy (non-hydrogen) atoms. The molecule has 0 fully saturated rings. The van der Waals surface area contributed by atoms with E-state index in [9.17, 15) is 0 Å². The summed E-state index contributed by atoms with van der Waals surface area (Å²) in [5, 5.41) is 0. The predicted molar refractivity (Wildman–Crippen MR) is 85.7 cm³/mol. The number of nitrogens with zero attached hydrogens (tertiary/aromatic N) is 1. The summed E-state index contributed by atoms with van der Waals surface area (Å²) in [5.41, 5.74) is 4.11. The second kappa shape index (κ2) is 6.30. The molecule has 0 spiro atoms. The van der Waals surface area contributed by atoms with Gasteiger partial charge >= 0.3 is 0 Å². The molecule has 0 unspecified atom stereocenters. The van der Waals surface area contributed by atoms with Gasteiger partial charge in [0.15, 0.2) is 0 Å². The van der Waals surface area contributed by atoms with Gasteiger partial charge in [0.05, 0.1) is 5.69 Å². The molecule has 1 heterocycles. The van der Waals surface area contributed by atoms with Crippen molar-refractivity contribution >= 4 is 21.5 Å². The molecule has 0 saturated heterocycles. The number of hydrogen-bond donors (Lipinski definition) is 0. The van der Waals surface area contributed by atoms with Gasteiger partial charge < -0.3 is 0 Å². The van der Waals surface area contributed by atoms with E-state index in [0.717, 1.165) is 27.0 Å². The van der Waals surface area contributed by atoms with E-state index in [0.29, 0.717) is 0 Å². The zero-order chi connectivity index (χ0) is 13.7. The fraction of sp³-hybridized carbons (Fsp3) is 0. The Kier molecular flexibility index (Phi) is 4.48. The predicted octanol–water partition coefficient (Wildman–Crippen LogP) is 5.27. The lowest BCUT2D eigenvalue weighted by Crippen LogP contribution is -1.90. The molecule has 0 aliphatic heterocycles. The van der Waals surface area contributed by atoms with Crippen molar-refractivity contribution < 1.29 is 0 Å². The molecule has 1 nitrogen and oxygen atoms in total. The Balaban J connectivity index is 2.55. The van der Waals surface area contributed by atoms with Crippen LogP contribution in [0.15, 0.2) is 78.5 Å². The summed E-state index contributed by atoms with van der Waals surface area (Å²) in [6.45, 7) is 7.53. The quantitative estimate of drug-likeness (QED) is 0.554. The highest BCUT2D eigenvalue weighted by molar-refractivity contribution is 9.10. The first-order valence-electron chi connectivity index (χ1n) is 5.93. The minimum absolute atomic E-state index is 0.806. The van der Waals surface area contributed by atoms with Gasteiger partial charge in [-0.05, 0) is 44.8 Å². The van der Waals surface area contributed by atoms with E-state index in [-0.39, 0.29) is 0 Å². The molecule has 0 saturated carbocycles. The monoisotopic (exact) mass is 311 g/mol. The van der Waals surface area contributed by atoms with Crippen molar-refractivity contribution in [3.8, 4) is 11.1 Å². The number of halogens is 1. The van der Waals surface area contributed by atoms with Crippen LogP contribution in [0, 0.1) is 0 Å². The van der Waals surface area contributed by atoms with Crippen molar-refractivity contribution in [1.82, 2.24) is 4.98 Å². The first kappa shape index (κ1) is 13.5. The summed E-state index contributed by atoms with van der Waals surface area (Å²) in [6, 6.07) is 14.3. The SMILES string of the molecule is C=C/C=C(\C=C)c1cc(-c2ccccc2)cc(Br)n1. The van der Waals surface area contributed by atoms with Crippen LogP contribution in [0.4, 0.5) is 0 Å². The van der Waals surface area contributed by atoms with Crippen LogP contribution in [-0.2, 0) is 0 Å². The molecule has 0 radical (unpaired) electrons. The molecule has 2 aromatic rings. The van der Waals surface area contributed by atoms with Crippen LogP contribution < -0.4 is 0 Å². The smallest absolute Gasteiger partial charge is 0.107 e. The van der Waals surface area contributed by atoms with Gasteiger partial charge in [0.2, 0.25) is 0 Å². The first-order valence-corrected chi connectivity index (χ1v) is 6.72. The van der Waals surface area contributed by atoms with Gasteiger partial charge in [-0.3, -0.25) is 0 Å². The third-order valence-electron chi connectivity index (χ3n) is 2.71. The second-order valence-corrected chi connectivity index (χ2v) is 4.80. The van der Waals surface area contributed by atoms with Crippen LogP contribution in [-0.4, -0.2) is 4.98 Å². The fourth-order valence-electron chi connectivity index (χ4n) is 1.83. The molecule has 2 rings (SSSR count). The molecule has 0 atom stereocenters. The van der Waals surface area contributed by atoms with Gasteiger partial charge in [0, 0.05) is 0 Å². The summed E-state index contributed by atoms with van der Waals surface area (Å²) >= 11 is 3.46. The Morgan fingerprint density at radius 2 is 1.79 bits per heavy atom. The number of rotatable bonds is 4. The number of pyridine rings is 1. The first-order chi connectivity index (χ1) is 9.24. The number of hydrogen-bond acceptors (Lipinski definition) is 1. The Bertz CT molecular complexity index is 627. The molecule has 0 aliphatic rings. The molecular weight excluding hydrogens is 298 g/mol. The molecule has 0 bridgehead atoms. The molecular formula is C17H14BrN. The minimum atomic E-state index is 0.806. The zero-order valence-corrected chi connectivity index (χ0v) is 12.1. The summed E-state index contributed by atoms with van der Waals surface area (Å²) in [6.07, 6.45) is 5.42. The van der Waals surface area contributed by atoms with Gasteiger partial charge in [-0.2, -0.15) is 0 Å². The van der Waals surface area contributed by atoms with Crippen LogP contribution in [0.3, 0.4) is 0 Å².